The largest absolute Gasteiger partial charge is 0.559 e. The molecule has 64 valence electrons. The number of hydrogen-bond acceptors (Lipinski definition) is 2. The van der Waals surface area contributed by atoms with E-state index in [-0.39, 0.29) is 0 Å². The highest BCUT2D eigenvalue weighted by Crippen LogP contribution is 2.13. The summed E-state index contributed by atoms with van der Waals surface area (Å²) in [6.45, 7) is 0. The fourth-order valence-electron chi connectivity index (χ4n) is 0. The van der Waals surface area contributed by atoms with Crippen LogP contribution in [-0.2, 0) is 10.6 Å². The summed E-state index contributed by atoms with van der Waals surface area (Å²) in [5.41, 5.74) is 0. The van der Waals surface area contributed by atoms with Crippen LogP contribution in [0.5, 0.6) is 0 Å². The molecule has 0 aliphatic carbocycles. The maximum Gasteiger partial charge on any atom is 0.559 e. The smallest absolute Gasteiger partial charge is 0.160 e. The normalized spacial score (nSPS) is 11.8. The Hall–Kier alpha value is -0.470. The topological polar surface area (TPSA) is 34.1 Å². The van der Waals surface area contributed by atoms with Crippen LogP contribution in [0.4, 0.5) is 25.3 Å². The van der Waals surface area contributed by atoms with E-state index in [9.17, 15) is 25.3 Å². The molecule has 0 heterocycles. The summed E-state index contributed by atoms with van der Waals surface area (Å²) in [4.78, 5) is 0. The van der Waals surface area contributed by atoms with Gasteiger partial charge >= 0.3 is 17.0 Å². The Morgan fingerprint density at radius 3 is 0.900 bits per heavy atom. The van der Waals surface area contributed by atoms with Crippen LogP contribution in [0, 0.1) is 0 Å². The van der Waals surface area contributed by atoms with Crippen molar-refractivity contribution in [2.24, 2.45) is 0 Å². The van der Waals surface area contributed by atoms with E-state index in [4.69, 9.17) is 8.42 Å². The van der Waals surface area contributed by atoms with Crippen molar-refractivity contribution in [1.82, 2.24) is 0 Å². The van der Waals surface area contributed by atoms with E-state index in [0.717, 1.165) is 0 Å². The van der Waals surface area contributed by atoms with Crippen molar-refractivity contribution >= 4 is 10.6 Å². The summed E-state index contributed by atoms with van der Waals surface area (Å²) in [7, 11) is -5.67. The van der Waals surface area contributed by atoms with Crippen LogP contribution >= 0.6 is 0 Å². The lowest BCUT2D eigenvalue weighted by Gasteiger charge is -1.82. The molecule has 0 aromatic rings. The molecule has 0 amide bonds. The average Bonchev–Trinajstić information content (AvgIpc) is 1.12. The van der Waals surface area contributed by atoms with Crippen molar-refractivity contribution in [1.29, 1.82) is 0 Å². The van der Waals surface area contributed by atoms with Crippen LogP contribution in [0.2, 0.25) is 0 Å². The fourth-order valence-corrected chi connectivity index (χ4v) is 0. The minimum Gasteiger partial charge on any atom is -0.160 e. The van der Waals surface area contributed by atoms with Gasteiger partial charge in [-0.05, 0) is 0 Å². The highest BCUT2D eigenvalue weighted by atomic mass is 32.3. The van der Waals surface area contributed by atoms with E-state index in [0.29, 0.717) is 0 Å². The maximum atomic E-state index is 9.99. The molecule has 0 unspecified atom stereocenters. The lowest BCUT2D eigenvalue weighted by Crippen LogP contribution is -1.92. The second kappa shape index (κ2) is 3.64. The molecule has 0 aliphatic rings. The molecule has 10 heavy (non-hydrogen) atoms. The summed E-state index contributed by atoms with van der Waals surface area (Å²) >= 11 is 0. The molecule has 2 nitrogen and oxygen atoms in total. The lowest BCUT2D eigenvalue weighted by atomic mass is 11.5. The van der Waals surface area contributed by atoms with Crippen LogP contribution < -0.4 is 0 Å². The van der Waals surface area contributed by atoms with E-state index in [1.165, 1.54) is 0 Å². The van der Waals surface area contributed by atoms with Gasteiger partial charge < -0.3 is 0 Å². The molecular weight excluding hydrogens is 190 g/mol. The minimum absolute atomic E-state index is 5.50. The van der Waals surface area contributed by atoms with Gasteiger partial charge in [0.1, 0.15) is 0 Å². The van der Waals surface area contributed by atoms with Gasteiger partial charge in [0, 0.05) is 0 Å². The highest BCUT2D eigenvalue weighted by molar-refractivity contribution is 7.81. The summed E-state index contributed by atoms with van der Waals surface area (Å²) in [6, 6.07) is 0. The maximum absolute atomic E-state index is 9.99. The molecule has 0 rings (SSSR count). The predicted molar refractivity (Wildman–Crippen MR) is 18.3 cm³/mol. The number of alkyl halides is 4. The molecule has 0 N–H and O–H groups in total. The van der Waals surface area contributed by atoms with Crippen LogP contribution in [-0.4, -0.2) is 14.8 Å². The Morgan fingerprint density at radius 2 is 0.900 bits per heavy atom. The Morgan fingerprint density at radius 1 is 0.900 bits per heavy atom. The Kier molecular flexibility index (Phi) is 4.45. The first-order valence-corrected chi connectivity index (χ1v) is 2.68. The fraction of sp³-hybridized carbons (Fsp3) is 1.00. The zero-order valence-electron chi connectivity index (χ0n) is 3.99. The van der Waals surface area contributed by atoms with E-state index in [2.05, 4.69) is 0 Å². The molecule has 0 aromatic carbocycles. The number of halogens is 6. The number of rotatable bonds is 0. The van der Waals surface area contributed by atoms with Crippen molar-refractivity contribution in [3.05, 3.63) is 0 Å². The van der Waals surface area contributed by atoms with Crippen LogP contribution in [0.1, 0.15) is 0 Å². The minimum atomic E-state index is -5.67. The SMILES string of the molecule is FC(F)(F)F.O=S(=O)(F)F. The lowest BCUT2D eigenvalue weighted by molar-refractivity contribution is -0.237. The molecule has 0 aromatic heterocycles. The first-order valence-electron chi connectivity index (χ1n) is 1.40. The van der Waals surface area contributed by atoms with Gasteiger partial charge in [-0.3, -0.25) is 0 Å². The molecule has 0 atom stereocenters. The van der Waals surface area contributed by atoms with Gasteiger partial charge in [0.2, 0.25) is 0 Å². The van der Waals surface area contributed by atoms with Gasteiger partial charge in [0.15, 0.2) is 0 Å². The Bertz CT molecular complexity index is 151. The summed E-state index contributed by atoms with van der Waals surface area (Å²) in [6.07, 6.45) is -5.50. The van der Waals surface area contributed by atoms with Crippen LogP contribution in [0.15, 0.2) is 0 Å². The summed E-state index contributed by atoms with van der Waals surface area (Å²) < 4.78 is 75.3. The van der Waals surface area contributed by atoms with Gasteiger partial charge in [-0.1, -0.05) is 7.77 Å². The average molecular weight is 190 g/mol. The van der Waals surface area contributed by atoms with E-state index >= 15 is 0 Å². The van der Waals surface area contributed by atoms with Crippen LogP contribution in [0.3, 0.4) is 0 Å². The van der Waals surface area contributed by atoms with Gasteiger partial charge in [-0.2, -0.15) is 8.42 Å². The molecule has 0 saturated carbocycles. The van der Waals surface area contributed by atoms with E-state index < -0.39 is 17.0 Å². The third-order valence-corrected chi connectivity index (χ3v) is 0. The zero-order chi connectivity index (χ0) is 9.00. The molecule has 0 aliphatic heterocycles. The van der Waals surface area contributed by atoms with Crippen molar-refractivity contribution in [3.63, 3.8) is 0 Å². The zero-order valence-corrected chi connectivity index (χ0v) is 4.81. The third-order valence-electron chi connectivity index (χ3n) is 0. The van der Waals surface area contributed by atoms with Gasteiger partial charge in [0.25, 0.3) is 0 Å². The van der Waals surface area contributed by atoms with Crippen molar-refractivity contribution in [3.8, 4) is 0 Å². The van der Waals surface area contributed by atoms with Crippen LogP contribution in [0.25, 0.3) is 0 Å². The highest BCUT2D eigenvalue weighted by Gasteiger charge is 2.24. The molecule has 0 radical (unpaired) electrons. The Balaban J connectivity index is 0. The molecule has 0 bridgehead atoms. The molecular formula is CF6O2S. The van der Waals surface area contributed by atoms with Crippen molar-refractivity contribution < 1.29 is 33.8 Å². The summed E-state index contributed by atoms with van der Waals surface area (Å²) in [5, 5.41) is 0. The van der Waals surface area contributed by atoms with Gasteiger partial charge in [-0.25, -0.2) is 0 Å². The van der Waals surface area contributed by atoms with E-state index in [1.54, 1.807) is 0 Å². The third kappa shape index (κ3) is 1450. The van der Waals surface area contributed by atoms with Crippen molar-refractivity contribution in [2.45, 2.75) is 6.43 Å². The Labute approximate surface area is 52.0 Å². The summed E-state index contributed by atoms with van der Waals surface area (Å²) in [5.74, 6) is 0. The first kappa shape index (κ1) is 12.2. The first-order chi connectivity index (χ1) is 4.00. The second-order valence-corrected chi connectivity index (χ2v) is 1.56. The molecule has 9 heteroatoms. The number of hydrogen-bond donors (Lipinski definition) is 0. The van der Waals surface area contributed by atoms with Gasteiger partial charge in [-0.15, -0.1) is 17.6 Å². The quantitative estimate of drug-likeness (QED) is 0.429. The second-order valence-electron chi connectivity index (χ2n) is 0.807. The standard InChI is InChI=1S/CF4.F2O2S/c2-1(3,4)5;1-5(2,3)4. The van der Waals surface area contributed by atoms with Crippen molar-refractivity contribution in [2.75, 3.05) is 0 Å². The van der Waals surface area contributed by atoms with E-state index in [1.807, 2.05) is 0 Å². The molecule has 0 saturated heterocycles. The predicted octanol–water partition coefficient (Wildman–Crippen LogP) is 1.65. The molecule has 0 fully saturated rings. The van der Waals surface area contributed by atoms with Gasteiger partial charge in [0.05, 0.1) is 0 Å². The monoisotopic (exact) mass is 190 g/mol. The molecule has 0 spiro atoms.